The van der Waals surface area contributed by atoms with Crippen LogP contribution in [0.4, 0.5) is 13.2 Å². The van der Waals surface area contributed by atoms with E-state index < -0.39 is 17.4 Å². The Morgan fingerprint density at radius 2 is 1.67 bits per heavy atom. The molecule has 0 amide bonds. The van der Waals surface area contributed by atoms with Crippen LogP contribution in [0.15, 0.2) is 53.3 Å². The van der Waals surface area contributed by atoms with Gasteiger partial charge in [0.05, 0.1) is 12.1 Å². The van der Waals surface area contributed by atoms with Crippen molar-refractivity contribution in [3.63, 3.8) is 0 Å². The van der Waals surface area contributed by atoms with Crippen molar-refractivity contribution < 1.29 is 13.2 Å². The van der Waals surface area contributed by atoms with E-state index in [2.05, 4.69) is 5.10 Å². The predicted molar refractivity (Wildman–Crippen MR) is 97.7 cm³/mol. The molecular weight excluding hydrogens is 353 g/mol. The zero-order chi connectivity index (χ0) is 19.0. The molecule has 0 radical (unpaired) electrons. The lowest BCUT2D eigenvalue weighted by Crippen LogP contribution is -2.18. The van der Waals surface area contributed by atoms with Gasteiger partial charge in [-0.2, -0.15) is 13.2 Å². The molecule has 6 heteroatoms. The summed E-state index contributed by atoms with van der Waals surface area (Å²) >= 11 is 0. The molecule has 2 aromatic carbocycles. The van der Waals surface area contributed by atoms with Crippen LogP contribution in [0.5, 0.6) is 0 Å². The van der Waals surface area contributed by atoms with E-state index in [1.165, 1.54) is 23.3 Å². The molecule has 1 aliphatic carbocycles. The van der Waals surface area contributed by atoms with Crippen LogP contribution in [0.3, 0.4) is 0 Å². The summed E-state index contributed by atoms with van der Waals surface area (Å²) in [7, 11) is 0. The normalized spacial score (nSPS) is 14.2. The Hall–Kier alpha value is -2.76. The molecule has 0 fully saturated rings. The molecule has 1 aromatic heterocycles. The highest BCUT2D eigenvalue weighted by molar-refractivity contribution is 5.65. The van der Waals surface area contributed by atoms with Gasteiger partial charge in [0.1, 0.15) is 5.69 Å². The van der Waals surface area contributed by atoms with Crippen LogP contribution in [0.25, 0.3) is 11.1 Å². The number of nitrogens with one attached hydrogen (secondary N) is 1. The second-order valence-electron chi connectivity index (χ2n) is 6.93. The Bertz CT molecular complexity index is 1020. The molecule has 27 heavy (non-hydrogen) atoms. The third-order valence-electron chi connectivity index (χ3n) is 5.06. The van der Waals surface area contributed by atoms with E-state index in [9.17, 15) is 18.0 Å². The minimum Gasteiger partial charge on any atom is -0.290 e. The number of aryl methyl sites for hydroxylation is 2. The van der Waals surface area contributed by atoms with E-state index in [0.29, 0.717) is 0 Å². The fourth-order valence-electron chi connectivity index (χ4n) is 3.74. The van der Waals surface area contributed by atoms with Crippen molar-refractivity contribution in [3.05, 3.63) is 81.3 Å². The highest BCUT2D eigenvalue weighted by Gasteiger charge is 2.38. The van der Waals surface area contributed by atoms with E-state index in [0.717, 1.165) is 35.9 Å². The van der Waals surface area contributed by atoms with Crippen LogP contribution in [0.1, 0.15) is 35.2 Å². The number of rotatable bonds is 3. The first kappa shape index (κ1) is 17.6. The maximum atomic E-state index is 13.5. The first-order valence-corrected chi connectivity index (χ1v) is 8.99. The van der Waals surface area contributed by atoms with Crippen LogP contribution in [0.2, 0.25) is 0 Å². The quantitative estimate of drug-likeness (QED) is 0.705. The smallest absolute Gasteiger partial charge is 0.290 e. The largest absolute Gasteiger partial charge is 0.433 e. The molecule has 0 aliphatic heterocycles. The molecule has 4 rings (SSSR count). The van der Waals surface area contributed by atoms with E-state index in [1.54, 1.807) is 18.2 Å². The summed E-state index contributed by atoms with van der Waals surface area (Å²) in [6.45, 7) is 0.0853. The summed E-state index contributed by atoms with van der Waals surface area (Å²) in [6, 6.07) is 13.9. The van der Waals surface area contributed by atoms with Crippen LogP contribution in [-0.4, -0.2) is 9.78 Å². The maximum Gasteiger partial charge on any atom is 0.433 e. The summed E-state index contributed by atoms with van der Waals surface area (Å²) in [5.74, 6) is 0. The number of benzene rings is 2. The van der Waals surface area contributed by atoms with E-state index >= 15 is 0 Å². The standard InChI is InChI=1S/C21H19F3N2O/c22-21(23,24)19-18(16-7-2-1-3-8-16)20(27)26(25-19)13-14-10-11-15-6-4-5-9-17(15)12-14/h1-3,7-8,10-12,25H,4-6,9,13H2. The van der Waals surface area contributed by atoms with Gasteiger partial charge in [-0.15, -0.1) is 0 Å². The molecular formula is C21H19F3N2O. The zero-order valence-corrected chi connectivity index (χ0v) is 14.6. The number of alkyl halides is 3. The summed E-state index contributed by atoms with van der Waals surface area (Å²) in [5, 5.41) is 2.30. The van der Waals surface area contributed by atoms with Crippen LogP contribution >= 0.6 is 0 Å². The number of nitrogens with zero attached hydrogens (tertiary/aromatic N) is 1. The van der Waals surface area contributed by atoms with Gasteiger partial charge >= 0.3 is 6.18 Å². The average molecular weight is 372 g/mol. The first-order valence-electron chi connectivity index (χ1n) is 8.99. The second-order valence-corrected chi connectivity index (χ2v) is 6.93. The lowest BCUT2D eigenvalue weighted by molar-refractivity contribution is -0.141. The highest BCUT2D eigenvalue weighted by atomic mass is 19.4. The lowest BCUT2D eigenvalue weighted by atomic mass is 9.90. The number of hydrogen-bond donors (Lipinski definition) is 1. The maximum absolute atomic E-state index is 13.5. The van der Waals surface area contributed by atoms with Gasteiger partial charge in [-0.3, -0.25) is 9.89 Å². The molecule has 140 valence electrons. The minimum absolute atomic E-state index is 0.0853. The Balaban J connectivity index is 1.76. The summed E-state index contributed by atoms with van der Waals surface area (Å²) < 4.78 is 41.6. The van der Waals surface area contributed by atoms with E-state index in [-0.39, 0.29) is 17.7 Å². The fraction of sp³-hybridized carbons (Fsp3) is 0.286. The number of halogens is 3. The van der Waals surface area contributed by atoms with Crippen molar-refractivity contribution >= 4 is 0 Å². The second kappa shape index (κ2) is 6.76. The lowest BCUT2D eigenvalue weighted by Gasteiger charge is -2.16. The predicted octanol–water partition coefficient (Wildman–Crippen LogP) is 4.79. The van der Waals surface area contributed by atoms with Crippen molar-refractivity contribution in [2.75, 3.05) is 0 Å². The molecule has 3 aromatic rings. The minimum atomic E-state index is -4.63. The Kier molecular flexibility index (Phi) is 4.42. The Morgan fingerprint density at radius 3 is 2.37 bits per heavy atom. The van der Waals surface area contributed by atoms with Crippen molar-refractivity contribution in [2.45, 2.75) is 38.4 Å². The van der Waals surface area contributed by atoms with Crippen LogP contribution in [-0.2, 0) is 25.6 Å². The molecule has 0 bridgehead atoms. The molecule has 1 heterocycles. The summed E-state index contributed by atoms with van der Waals surface area (Å²) in [5.41, 5.74) is 1.62. The van der Waals surface area contributed by atoms with Gasteiger partial charge in [0, 0.05) is 0 Å². The van der Waals surface area contributed by atoms with Gasteiger partial charge in [0.2, 0.25) is 0 Å². The molecule has 0 saturated carbocycles. The number of hydrogen-bond acceptors (Lipinski definition) is 1. The van der Waals surface area contributed by atoms with Crippen molar-refractivity contribution in [2.24, 2.45) is 0 Å². The van der Waals surface area contributed by atoms with Gasteiger partial charge < -0.3 is 0 Å². The number of aromatic amines is 1. The molecule has 0 unspecified atom stereocenters. The molecule has 3 nitrogen and oxygen atoms in total. The molecule has 0 saturated heterocycles. The molecule has 0 atom stereocenters. The summed E-state index contributed by atoms with van der Waals surface area (Å²) in [4.78, 5) is 12.8. The topological polar surface area (TPSA) is 37.8 Å². The molecule has 0 spiro atoms. The Morgan fingerprint density at radius 1 is 0.963 bits per heavy atom. The number of H-pyrrole nitrogens is 1. The van der Waals surface area contributed by atoms with Crippen molar-refractivity contribution in [3.8, 4) is 11.1 Å². The number of fused-ring (bicyclic) bond motifs is 1. The van der Waals surface area contributed by atoms with Gasteiger partial charge in [-0.25, -0.2) is 4.68 Å². The van der Waals surface area contributed by atoms with Gasteiger partial charge in [-0.1, -0.05) is 48.5 Å². The van der Waals surface area contributed by atoms with Crippen LogP contribution in [0, 0.1) is 0 Å². The highest BCUT2D eigenvalue weighted by Crippen LogP contribution is 2.34. The Labute approximate surface area is 154 Å². The zero-order valence-electron chi connectivity index (χ0n) is 14.6. The fourth-order valence-corrected chi connectivity index (χ4v) is 3.74. The summed E-state index contributed by atoms with van der Waals surface area (Å²) in [6.07, 6.45) is -0.334. The third kappa shape index (κ3) is 3.44. The van der Waals surface area contributed by atoms with Gasteiger partial charge in [0.15, 0.2) is 0 Å². The van der Waals surface area contributed by atoms with Crippen molar-refractivity contribution in [1.29, 1.82) is 0 Å². The average Bonchev–Trinajstić information content (AvgIpc) is 2.99. The van der Waals surface area contributed by atoms with Gasteiger partial charge in [0.25, 0.3) is 5.56 Å². The van der Waals surface area contributed by atoms with E-state index in [4.69, 9.17) is 0 Å². The van der Waals surface area contributed by atoms with E-state index in [1.807, 2.05) is 18.2 Å². The monoisotopic (exact) mass is 372 g/mol. The first-order chi connectivity index (χ1) is 12.9. The SMILES string of the molecule is O=c1c(-c2ccccc2)c(C(F)(F)F)[nH]n1Cc1ccc2c(c1)CCCC2. The van der Waals surface area contributed by atoms with Crippen molar-refractivity contribution in [1.82, 2.24) is 9.78 Å². The third-order valence-corrected chi connectivity index (χ3v) is 5.06. The van der Waals surface area contributed by atoms with Gasteiger partial charge in [-0.05, 0) is 47.9 Å². The molecule has 1 N–H and O–H groups in total. The van der Waals surface area contributed by atoms with Crippen LogP contribution < -0.4 is 5.56 Å². The number of aromatic nitrogens is 2. The molecule has 1 aliphatic rings.